The van der Waals surface area contributed by atoms with Gasteiger partial charge >= 0.3 is 6.18 Å². The molecule has 0 radical (unpaired) electrons. The maximum Gasteiger partial charge on any atom is 0.435 e. The number of hydrogen-bond donors (Lipinski definition) is 2. The summed E-state index contributed by atoms with van der Waals surface area (Å²) < 4.78 is 40.8. The summed E-state index contributed by atoms with van der Waals surface area (Å²) in [4.78, 5) is 7.81. The van der Waals surface area contributed by atoms with Crippen LogP contribution < -0.4 is 11.1 Å². The minimum Gasteiger partial charge on any atom is -0.383 e. The van der Waals surface area contributed by atoms with Gasteiger partial charge in [-0.25, -0.2) is 9.97 Å². The van der Waals surface area contributed by atoms with E-state index in [2.05, 4.69) is 20.4 Å². The third-order valence-corrected chi connectivity index (χ3v) is 3.56. The lowest BCUT2D eigenvalue weighted by Gasteiger charge is -2.15. The number of piperidine rings is 1. The molecule has 3 heterocycles. The molecule has 3 N–H and O–H groups in total. The van der Waals surface area contributed by atoms with Gasteiger partial charge in [0.25, 0.3) is 5.95 Å². The first-order valence-electron chi connectivity index (χ1n) is 7.10. The Labute approximate surface area is 130 Å². The highest BCUT2D eigenvalue weighted by atomic mass is 19.4. The Balaban J connectivity index is 2.11. The Kier molecular flexibility index (Phi) is 4.03. The van der Waals surface area contributed by atoms with Gasteiger partial charge in [-0.15, -0.1) is 0 Å². The molecule has 3 rings (SSSR count). The van der Waals surface area contributed by atoms with Crippen molar-refractivity contribution in [3.63, 3.8) is 0 Å². The van der Waals surface area contributed by atoms with Crippen LogP contribution in [0.5, 0.6) is 0 Å². The Hall–Kier alpha value is -2.42. The number of nitrogens with zero attached hydrogens (tertiary/aromatic N) is 4. The number of nitrogens with one attached hydrogen (secondary N) is 1. The Bertz CT molecular complexity index is 712. The van der Waals surface area contributed by atoms with Gasteiger partial charge in [-0.05, 0) is 38.1 Å². The van der Waals surface area contributed by atoms with Crippen LogP contribution in [-0.4, -0.2) is 32.8 Å². The number of rotatable bonds is 2. The molecular formula is C14H15F3N6. The second-order valence-corrected chi connectivity index (χ2v) is 5.16. The van der Waals surface area contributed by atoms with E-state index in [0.717, 1.165) is 23.3 Å². The Morgan fingerprint density at radius 1 is 1.17 bits per heavy atom. The first-order chi connectivity index (χ1) is 11.0. The van der Waals surface area contributed by atoms with E-state index in [1.165, 1.54) is 18.5 Å². The van der Waals surface area contributed by atoms with Crippen molar-refractivity contribution in [2.75, 3.05) is 18.8 Å². The van der Waals surface area contributed by atoms with Crippen LogP contribution in [0.2, 0.25) is 0 Å². The molecule has 1 aliphatic rings. The maximum absolute atomic E-state index is 13.3. The minimum atomic E-state index is -4.60. The van der Waals surface area contributed by atoms with Gasteiger partial charge in [0.15, 0.2) is 5.69 Å². The summed E-state index contributed by atoms with van der Waals surface area (Å²) in [6, 6.07) is 1.56. The third-order valence-electron chi connectivity index (χ3n) is 3.56. The van der Waals surface area contributed by atoms with Crippen molar-refractivity contribution in [1.29, 1.82) is 0 Å². The van der Waals surface area contributed by atoms with Crippen molar-refractivity contribution in [2.45, 2.75) is 19.0 Å². The molecule has 0 bridgehead atoms. The summed E-state index contributed by atoms with van der Waals surface area (Å²) in [5.74, 6) is -0.111. The fourth-order valence-corrected chi connectivity index (χ4v) is 2.44. The normalized spacial score (nSPS) is 15.7. The number of aromatic nitrogens is 4. The maximum atomic E-state index is 13.3. The average Bonchev–Trinajstić information content (AvgIpc) is 2.86. The zero-order valence-corrected chi connectivity index (χ0v) is 12.1. The van der Waals surface area contributed by atoms with E-state index in [0.29, 0.717) is 12.8 Å². The van der Waals surface area contributed by atoms with E-state index in [-0.39, 0.29) is 17.3 Å². The summed E-state index contributed by atoms with van der Waals surface area (Å²) in [5, 5.41) is 6.75. The van der Waals surface area contributed by atoms with Gasteiger partial charge in [0, 0.05) is 18.0 Å². The smallest absolute Gasteiger partial charge is 0.383 e. The van der Waals surface area contributed by atoms with Crippen molar-refractivity contribution in [3.05, 3.63) is 35.3 Å². The van der Waals surface area contributed by atoms with Gasteiger partial charge in [0.05, 0.1) is 0 Å². The van der Waals surface area contributed by atoms with Crippen LogP contribution in [-0.2, 0) is 6.18 Å². The molecule has 0 aromatic carbocycles. The lowest BCUT2D eigenvalue weighted by atomic mass is 10.0. The third kappa shape index (κ3) is 3.19. The van der Waals surface area contributed by atoms with Gasteiger partial charge in [0.1, 0.15) is 5.82 Å². The highest BCUT2D eigenvalue weighted by Crippen LogP contribution is 2.36. The number of nitrogen functional groups attached to an aromatic ring is 1. The number of hydrogen-bond acceptors (Lipinski definition) is 5. The zero-order chi connectivity index (χ0) is 16.4. The predicted octanol–water partition coefficient (Wildman–Crippen LogP) is 2.03. The lowest BCUT2D eigenvalue weighted by molar-refractivity contribution is -0.141. The number of alkyl halides is 3. The summed E-state index contributed by atoms with van der Waals surface area (Å²) in [6.45, 7) is 1.48. The van der Waals surface area contributed by atoms with Crippen LogP contribution in [0.4, 0.5) is 19.0 Å². The largest absolute Gasteiger partial charge is 0.435 e. The summed E-state index contributed by atoms with van der Waals surface area (Å²) in [7, 11) is 0. The lowest BCUT2D eigenvalue weighted by Crippen LogP contribution is -2.23. The summed E-state index contributed by atoms with van der Waals surface area (Å²) in [6.07, 6.45) is 1.09. The first kappa shape index (κ1) is 15.5. The molecule has 0 aliphatic carbocycles. The zero-order valence-electron chi connectivity index (χ0n) is 12.1. The summed E-state index contributed by atoms with van der Waals surface area (Å²) >= 11 is 0. The summed E-state index contributed by atoms with van der Waals surface area (Å²) in [5.41, 5.74) is 5.68. The number of nitrogens with two attached hydrogens (primary N) is 1. The van der Waals surface area contributed by atoms with E-state index in [1.54, 1.807) is 6.07 Å². The molecule has 6 nitrogen and oxygen atoms in total. The van der Waals surface area contributed by atoms with Crippen LogP contribution in [0.25, 0.3) is 12.0 Å². The highest BCUT2D eigenvalue weighted by Gasteiger charge is 2.39. The first-order valence-corrected chi connectivity index (χ1v) is 7.10. The van der Waals surface area contributed by atoms with E-state index < -0.39 is 11.9 Å². The SMILES string of the molecule is Nc1c(C=C2CCNCC2)c(C(F)(F)F)nn1-c1ncccn1. The topological polar surface area (TPSA) is 81.6 Å². The molecule has 23 heavy (non-hydrogen) atoms. The molecule has 2 aromatic heterocycles. The fourth-order valence-electron chi connectivity index (χ4n) is 2.44. The molecule has 0 spiro atoms. The highest BCUT2D eigenvalue weighted by molar-refractivity contribution is 5.67. The van der Waals surface area contributed by atoms with Crippen LogP contribution in [0.3, 0.4) is 0 Å². The predicted molar refractivity (Wildman–Crippen MR) is 78.6 cm³/mol. The van der Waals surface area contributed by atoms with Crippen LogP contribution in [0, 0.1) is 0 Å². The van der Waals surface area contributed by atoms with Crippen molar-refractivity contribution in [2.24, 2.45) is 0 Å². The molecule has 1 saturated heterocycles. The van der Waals surface area contributed by atoms with Crippen molar-refractivity contribution in [1.82, 2.24) is 25.1 Å². The van der Waals surface area contributed by atoms with Gasteiger partial charge < -0.3 is 11.1 Å². The quantitative estimate of drug-likeness (QED) is 0.883. The van der Waals surface area contributed by atoms with Crippen LogP contribution in [0.1, 0.15) is 24.1 Å². The molecule has 1 aliphatic heterocycles. The van der Waals surface area contributed by atoms with E-state index >= 15 is 0 Å². The van der Waals surface area contributed by atoms with Crippen LogP contribution >= 0.6 is 0 Å². The second kappa shape index (κ2) is 5.99. The van der Waals surface area contributed by atoms with Crippen LogP contribution in [0.15, 0.2) is 24.0 Å². The minimum absolute atomic E-state index is 0.00506. The second-order valence-electron chi connectivity index (χ2n) is 5.16. The molecule has 0 atom stereocenters. The van der Waals surface area contributed by atoms with E-state index in [1.807, 2.05) is 0 Å². The molecule has 0 unspecified atom stereocenters. The molecule has 1 fully saturated rings. The van der Waals surface area contributed by atoms with Gasteiger partial charge in [-0.3, -0.25) is 0 Å². The molecule has 122 valence electrons. The molecule has 9 heteroatoms. The Morgan fingerprint density at radius 3 is 2.43 bits per heavy atom. The van der Waals surface area contributed by atoms with E-state index in [4.69, 9.17) is 5.73 Å². The monoisotopic (exact) mass is 324 g/mol. The molecule has 0 amide bonds. The fraction of sp³-hybridized carbons (Fsp3) is 0.357. The van der Waals surface area contributed by atoms with Gasteiger partial charge in [0.2, 0.25) is 0 Å². The molecule has 2 aromatic rings. The number of anilines is 1. The van der Waals surface area contributed by atoms with Crippen molar-refractivity contribution >= 4 is 11.9 Å². The number of halogens is 3. The van der Waals surface area contributed by atoms with Gasteiger partial charge in [-0.1, -0.05) is 5.57 Å². The molecule has 0 saturated carbocycles. The standard InChI is InChI=1S/C14H15F3N6/c15-14(16,17)11-10(8-9-2-6-19-7-3-9)12(18)23(22-11)13-20-4-1-5-21-13/h1,4-5,8,19H,2-3,6-7,18H2. The van der Waals surface area contributed by atoms with Crippen molar-refractivity contribution < 1.29 is 13.2 Å². The van der Waals surface area contributed by atoms with E-state index in [9.17, 15) is 13.2 Å². The molecular weight excluding hydrogens is 309 g/mol. The van der Waals surface area contributed by atoms with Crippen molar-refractivity contribution in [3.8, 4) is 5.95 Å². The Morgan fingerprint density at radius 2 is 1.83 bits per heavy atom. The van der Waals surface area contributed by atoms with Gasteiger partial charge in [-0.2, -0.15) is 23.0 Å². The average molecular weight is 324 g/mol.